The highest BCUT2D eigenvalue weighted by Gasteiger charge is 2.18. The number of aromatic nitrogens is 1. The smallest absolute Gasteiger partial charge is 0.387 e. The van der Waals surface area contributed by atoms with Gasteiger partial charge in [-0.2, -0.15) is 13.3 Å². The fraction of sp³-hybridized carbons (Fsp3) is 0.0909. The number of thiocarbonyl (C=S) groups is 1. The Kier molecular flexibility index (Phi) is 6.51. The van der Waals surface area contributed by atoms with Gasteiger partial charge in [0.1, 0.15) is 5.75 Å². The number of rotatable bonds is 6. The van der Waals surface area contributed by atoms with Gasteiger partial charge in [-0.3, -0.25) is 0 Å². The molecule has 0 saturated carbocycles. The Labute approximate surface area is 172 Å². The molecule has 0 amide bonds. The highest BCUT2D eigenvalue weighted by Crippen LogP contribution is 2.21. The standard InChI is InChI=1S/C22H18F2N2O2S/c1-15-6-5-7-17(14-15)25-21(29)19(26-12-3-2-4-13-26)20(27)16-8-10-18(11-9-16)28-22(23)24/h2-14,22H,1H3,(H-,25,27,29). The number of pyridine rings is 1. The van der Waals surface area contributed by atoms with Crippen LogP contribution < -0.4 is 19.7 Å². The second-order valence-corrected chi connectivity index (χ2v) is 6.60. The summed E-state index contributed by atoms with van der Waals surface area (Å²) in [5.74, 6) is -0.374. The van der Waals surface area contributed by atoms with Gasteiger partial charge in [0.05, 0.1) is 0 Å². The van der Waals surface area contributed by atoms with Gasteiger partial charge in [0.15, 0.2) is 17.4 Å². The summed E-state index contributed by atoms with van der Waals surface area (Å²) in [5.41, 5.74) is 2.35. The van der Waals surface area contributed by atoms with Gasteiger partial charge in [-0.15, -0.1) is 0 Å². The van der Waals surface area contributed by atoms with E-state index in [1.54, 1.807) is 29.1 Å². The van der Waals surface area contributed by atoms with Gasteiger partial charge >= 0.3 is 6.61 Å². The average Bonchev–Trinajstić information content (AvgIpc) is 2.69. The maximum atomic E-state index is 13.2. The predicted molar refractivity (Wildman–Crippen MR) is 110 cm³/mol. The Hall–Kier alpha value is -3.32. The molecule has 4 nitrogen and oxygen atoms in total. The van der Waals surface area contributed by atoms with Crippen LogP contribution in [0.4, 0.5) is 14.5 Å². The normalized spacial score (nSPS) is 11.7. The Morgan fingerprint density at radius 2 is 1.72 bits per heavy atom. The molecule has 3 rings (SSSR count). The first-order valence-corrected chi connectivity index (χ1v) is 9.16. The zero-order valence-electron chi connectivity index (χ0n) is 15.5. The summed E-state index contributed by atoms with van der Waals surface area (Å²) in [6.45, 7) is -0.969. The van der Waals surface area contributed by atoms with E-state index in [4.69, 9.17) is 12.2 Å². The number of nitrogens with zero attached hydrogens (tertiary/aromatic N) is 1. The van der Waals surface area contributed by atoms with Crippen LogP contribution in [0.15, 0.2) is 79.1 Å². The van der Waals surface area contributed by atoms with E-state index in [0.29, 0.717) is 5.56 Å². The summed E-state index contributed by atoms with van der Waals surface area (Å²) in [6.07, 6.45) is 3.43. The minimum Gasteiger partial charge on any atom is -0.867 e. The Bertz CT molecular complexity index is 1020. The number of hydrogen-bond acceptors (Lipinski definition) is 3. The lowest BCUT2D eigenvalue weighted by atomic mass is 10.1. The van der Waals surface area contributed by atoms with Gasteiger partial charge in [0.25, 0.3) is 0 Å². The SMILES string of the molecule is Cc1cccc(NC(=S)C(=C([O-])c2ccc(OC(F)F)cc2)[n+]2ccccc2)c1. The van der Waals surface area contributed by atoms with Gasteiger partial charge in [-0.1, -0.05) is 42.5 Å². The van der Waals surface area contributed by atoms with Crippen molar-refractivity contribution in [3.63, 3.8) is 0 Å². The largest absolute Gasteiger partial charge is 0.867 e. The van der Waals surface area contributed by atoms with Crippen molar-refractivity contribution in [2.75, 3.05) is 5.32 Å². The first kappa shape index (κ1) is 20.4. The molecule has 0 spiro atoms. The third-order valence-corrected chi connectivity index (χ3v) is 4.32. The van der Waals surface area contributed by atoms with Crippen molar-refractivity contribution in [1.82, 2.24) is 0 Å². The van der Waals surface area contributed by atoms with Crippen LogP contribution in [-0.4, -0.2) is 11.6 Å². The summed E-state index contributed by atoms with van der Waals surface area (Å²) in [7, 11) is 0. The maximum absolute atomic E-state index is 13.2. The summed E-state index contributed by atoms with van der Waals surface area (Å²) in [6, 6.07) is 18.5. The van der Waals surface area contributed by atoms with Crippen LogP contribution in [0.25, 0.3) is 11.5 Å². The van der Waals surface area contributed by atoms with Crippen LogP contribution in [0.5, 0.6) is 5.75 Å². The summed E-state index contributed by atoms with van der Waals surface area (Å²) in [5, 5.41) is 16.3. The first-order chi connectivity index (χ1) is 13.9. The molecule has 3 aromatic rings. The molecule has 29 heavy (non-hydrogen) atoms. The number of halogens is 2. The van der Waals surface area contributed by atoms with Crippen LogP contribution in [-0.2, 0) is 0 Å². The summed E-state index contributed by atoms with van der Waals surface area (Å²) >= 11 is 5.53. The molecule has 0 aliphatic carbocycles. The second-order valence-electron chi connectivity index (χ2n) is 6.19. The third-order valence-electron chi connectivity index (χ3n) is 4.02. The monoisotopic (exact) mass is 412 g/mol. The lowest BCUT2D eigenvalue weighted by Gasteiger charge is -2.17. The van der Waals surface area contributed by atoms with E-state index in [9.17, 15) is 13.9 Å². The van der Waals surface area contributed by atoms with Crippen molar-refractivity contribution in [1.29, 1.82) is 0 Å². The molecule has 0 aliphatic heterocycles. The van der Waals surface area contributed by atoms with Crippen LogP contribution in [0.2, 0.25) is 0 Å². The van der Waals surface area contributed by atoms with Gasteiger partial charge in [0.2, 0.25) is 5.70 Å². The molecule has 0 aliphatic rings. The lowest BCUT2D eigenvalue weighted by Crippen LogP contribution is -2.39. The molecule has 148 valence electrons. The van der Waals surface area contributed by atoms with Gasteiger partial charge in [-0.05, 0) is 48.1 Å². The van der Waals surface area contributed by atoms with Crippen LogP contribution in [0.3, 0.4) is 0 Å². The van der Waals surface area contributed by atoms with E-state index in [1.807, 2.05) is 37.3 Å². The molecule has 1 heterocycles. The second kappa shape index (κ2) is 9.25. The number of alkyl halides is 2. The number of benzene rings is 2. The molecule has 1 N–H and O–H groups in total. The fourth-order valence-corrected chi connectivity index (χ4v) is 3.04. The van der Waals surface area contributed by atoms with Gasteiger partial charge in [0, 0.05) is 17.8 Å². The average molecular weight is 412 g/mol. The van der Waals surface area contributed by atoms with Crippen molar-refractivity contribution >= 4 is 34.3 Å². The molecule has 0 unspecified atom stereocenters. The molecule has 0 atom stereocenters. The minimum atomic E-state index is -2.93. The van der Waals surface area contributed by atoms with Crippen molar-refractivity contribution in [3.05, 3.63) is 90.3 Å². The molecular formula is C22H18F2N2O2S. The number of aryl methyl sites for hydroxylation is 1. The zero-order chi connectivity index (χ0) is 20.8. The Morgan fingerprint density at radius 3 is 2.34 bits per heavy atom. The van der Waals surface area contributed by atoms with E-state index >= 15 is 0 Å². The lowest BCUT2D eigenvalue weighted by molar-refractivity contribution is -0.577. The minimum absolute atomic E-state index is 0.0223. The molecular weight excluding hydrogens is 394 g/mol. The first-order valence-electron chi connectivity index (χ1n) is 8.75. The van der Waals surface area contributed by atoms with E-state index in [2.05, 4.69) is 10.1 Å². The molecule has 0 radical (unpaired) electrons. The van der Waals surface area contributed by atoms with E-state index in [-0.39, 0.29) is 22.2 Å². The topological polar surface area (TPSA) is 48.2 Å². The summed E-state index contributed by atoms with van der Waals surface area (Å²) < 4.78 is 30.7. The third kappa shape index (κ3) is 5.36. The van der Waals surface area contributed by atoms with E-state index in [1.165, 1.54) is 24.3 Å². The fourth-order valence-electron chi connectivity index (χ4n) is 2.72. The number of nitrogens with one attached hydrogen (secondary N) is 1. The Balaban J connectivity index is 1.99. The molecule has 0 fully saturated rings. The molecule has 0 bridgehead atoms. The predicted octanol–water partition coefficient (Wildman–Crippen LogP) is 4.01. The Morgan fingerprint density at radius 1 is 1.03 bits per heavy atom. The number of hydrogen-bond donors (Lipinski definition) is 1. The number of anilines is 1. The van der Waals surface area contributed by atoms with E-state index < -0.39 is 6.61 Å². The zero-order valence-corrected chi connectivity index (χ0v) is 16.3. The van der Waals surface area contributed by atoms with Crippen molar-refractivity contribution in [2.24, 2.45) is 0 Å². The van der Waals surface area contributed by atoms with Crippen molar-refractivity contribution in [3.8, 4) is 5.75 Å². The molecule has 1 aromatic heterocycles. The highest BCUT2D eigenvalue weighted by atomic mass is 32.1. The summed E-state index contributed by atoms with van der Waals surface area (Å²) in [4.78, 5) is 0.240. The quantitative estimate of drug-likeness (QED) is 0.288. The van der Waals surface area contributed by atoms with E-state index in [0.717, 1.165) is 11.3 Å². The highest BCUT2D eigenvalue weighted by molar-refractivity contribution is 7.81. The van der Waals surface area contributed by atoms with Crippen LogP contribution in [0, 0.1) is 6.92 Å². The molecule has 2 aromatic carbocycles. The number of ether oxygens (including phenoxy) is 1. The van der Waals surface area contributed by atoms with Crippen LogP contribution in [0.1, 0.15) is 11.1 Å². The molecule has 0 saturated heterocycles. The van der Waals surface area contributed by atoms with Crippen molar-refractivity contribution in [2.45, 2.75) is 13.5 Å². The molecule has 7 heteroatoms. The maximum Gasteiger partial charge on any atom is 0.387 e. The van der Waals surface area contributed by atoms with Crippen LogP contribution >= 0.6 is 12.2 Å². The van der Waals surface area contributed by atoms with Gasteiger partial charge in [-0.25, -0.2) is 0 Å². The van der Waals surface area contributed by atoms with Gasteiger partial charge < -0.3 is 15.2 Å². The van der Waals surface area contributed by atoms with Crippen molar-refractivity contribution < 1.29 is 23.2 Å².